The topological polar surface area (TPSA) is 69.7 Å². The summed E-state index contributed by atoms with van der Waals surface area (Å²) in [7, 11) is -1.29. The van der Waals surface area contributed by atoms with Gasteiger partial charge in [-0.2, -0.15) is 12.7 Å². The maximum absolute atomic E-state index is 14.1. The minimum Gasteiger partial charge on any atom is -0.352 e. The van der Waals surface area contributed by atoms with E-state index in [4.69, 9.17) is 0 Å². The van der Waals surface area contributed by atoms with Gasteiger partial charge in [0.25, 0.3) is 0 Å². The molecule has 0 aromatic heterocycles. The van der Waals surface area contributed by atoms with Crippen molar-refractivity contribution in [3.8, 4) is 0 Å². The minimum absolute atomic E-state index is 0.0655. The van der Waals surface area contributed by atoms with Crippen LogP contribution >= 0.6 is 0 Å². The van der Waals surface area contributed by atoms with Crippen molar-refractivity contribution in [2.75, 3.05) is 24.9 Å². The summed E-state index contributed by atoms with van der Waals surface area (Å²) < 4.78 is 40.9. The Morgan fingerprint density at radius 2 is 1.83 bits per heavy atom. The van der Waals surface area contributed by atoms with Gasteiger partial charge >= 0.3 is 10.2 Å². The minimum atomic E-state index is -3.98. The quantitative estimate of drug-likeness (QED) is 0.845. The smallest absolute Gasteiger partial charge is 0.304 e. The van der Waals surface area contributed by atoms with Gasteiger partial charge in [0.15, 0.2) is 0 Å². The molecular formula is C16H24FN3O3S. The number of para-hydroxylation sites is 1. The van der Waals surface area contributed by atoms with Crippen molar-refractivity contribution in [3.05, 3.63) is 30.1 Å². The summed E-state index contributed by atoms with van der Waals surface area (Å²) in [4.78, 5) is 12.3. The Morgan fingerprint density at radius 3 is 2.42 bits per heavy atom. The zero-order chi connectivity index (χ0) is 17.7. The van der Waals surface area contributed by atoms with Crippen LogP contribution in [0.15, 0.2) is 24.3 Å². The van der Waals surface area contributed by atoms with Gasteiger partial charge in [0.05, 0.1) is 5.69 Å². The number of anilines is 1. The largest absolute Gasteiger partial charge is 0.352 e. The molecule has 6 nitrogen and oxygen atoms in total. The lowest BCUT2D eigenvalue weighted by molar-refractivity contribution is -0.120. The first-order valence-electron chi connectivity index (χ1n) is 8.06. The molecule has 1 aromatic rings. The Kier molecular flexibility index (Phi) is 6.17. The first-order chi connectivity index (χ1) is 11.3. The highest BCUT2D eigenvalue weighted by Gasteiger charge is 2.29. The average Bonchev–Trinajstić information content (AvgIpc) is 2.54. The van der Waals surface area contributed by atoms with Crippen LogP contribution in [-0.2, 0) is 15.0 Å². The highest BCUT2D eigenvalue weighted by atomic mass is 32.2. The molecule has 1 N–H and O–H groups in total. The molecule has 1 amide bonds. The van der Waals surface area contributed by atoms with Crippen molar-refractivity contribution in [2.24, 2.45) is 0 Å². The maximum atomic E-state index is 14.1. The second-order valence-electron chi connectivity index (χ2n) is 6.15. The van der Waals surface area contributed by atoms with E-state index in [1.807, 2.05) is 0 Å². The van der Waals surface area contributed by atoms with Gasteiger partial charge in [-0.1, -0.05) is 31.4 Å². The molecule has 0 bridgehead atoms. The van der Waals surface area contributed by atoms with Gasteiger partial charge in [0.2, 0.25) is 5.91 Å². The summed E-state index contributed by atoms with van der Waals surface area (Å²) in [5.41, 5.74) is -0.134. The van der Waals surface area contributed by atoms with E-state index in [2.05, 4.69) is 5.32 Å². The molecule has 8 heteroatoms. The maximum Gasteiger partial charge on any atom is 0.304 e. The Morgan fingerprint density at radius 1 is 1.21 bits per heavy atom. The van der Waals surface area contributed by atoms with E-state index in [0.717, 1.165) is 40.7 Å². The molecule has 0 spiro atoms. The first kappa shape index (κ1) is 18.7. The summed E-state index contributed by atoms with van der Waals surface area (Å²) >= 11 is 0. The van der Waals surface area contributed by atoms with Crippen molar-refractivity contribution in [2.45, 2.75) is 38.1 Å². The summed E-state index contributed by atoms with van der Waals surface area (Å²) in [5, 5.41) is 2.86. The van der Waals surface area contributed by atoms with Crippen LogP contribution in [0.25, 0.3) is 0 Å². The molecule has 0 aliphatic heterocycles. The molecule has 2 rings (SSSR count). The summed E-state index contributed by atoms with van der Waals surface area (Å²) in [6.07, 6.45) is 5.05. The molecule has 0 heterocycles. The van der Waals surface area contributed by atoms with E-state index in [-0.39, 0.29) is 11.7 Å². The number of hydrogen-bond acceptors (Lipinski definition) is 3. The lowest BCUT2D eigenvalue weighted by atomic mass is 9.95. The van der Waals surface area contributed by atoms with E-state index in [9.17, 15) is 17.6 Å². The van der Waals surface area contributed by atoms with Gasteiger partial charge in [0, 0.05) is 20.1 Å². The number of halogens is 1. The zero-order valence-electron chi connectivity index (χ0n) is 14.0. The molecule has 1 aliphatic carbocycles. The molecule has 24 heavy (non-hydrogen) atoms. The molecule has 1 aromatic carbocycles. The molecule has 1 aliphatic rings. The Hall–Kier alpha value is -1.67. The lowest BCUT2D eigenvalue weighted by Gasteiger charge is -2.29. The lowest BCUT2D eigenvalue weighted by Crippen LogP contribution is -2.48. The van der Waals surface area contributed by atoms with E-state index < -0.39 is 28.5 Å². The van der Waals surface area contributed by atoms with Crippen LogP contribution in [-0.4, -0.2) is 45.3 Å². The van der Waals surface area contributed by atoms with Crippen molar-refractivity contribution in [1.82, 2.24) is 9.62 Å². The van der Waals surface area contributed by atoms with Crippen molar-refractivity contribution >= 4 is 21.8 Å². The fourth-order valence-electron chi connectivity index (χ4n) is 2.79. The molecule has 1 fully saturated rings. The third kappa shape index (κ3) is 4.45. The summed E-state index contributed by atoms with van der Waals surface area (Å²) in [6, 6.07) is 5.60. The molecule has 0 saturated heterocycles. The van der Waals surface area contributed by atoms with Crippen molar-refractivity contribution < 1.29 is 17.6 Å². The second kappa shape index (κ2) is 7.94. The Bertz CT molecular complexity index is 673. The standard InChI is InChI=1S/C16H24FN3O3S/c1-19(2)24(22,23)20(15-11-7-6-10-14(15)17)12-16(21)18-13-8-4-3-5-9-13/h6-7,10-11,13H,3-5,8-9,12H2,1-2H3,(H,18,21). The van der Waals surface area contributed by atoms with Gasteiger partial charge in [-0.05, 0) is 25.0 Å². The number of benzene rings is 1. The number of hydrogen-bond donors (Lipinski definition) is 1. The normalized spacial score (nSPS) is 16.2. The van der Waals surface area contributed by atoms with E-state index in [0.29, 0.717) is 0 Å². The van der Waals surface area contributed by atoms with Crippen LogP contribution < -0.4 is 9.62 Å². The number of amides is 1. The van der Waals surface area contributed by atoms with Gasteiger partial charge in [-0.15, -0.1) is 0 Å². The van der Waals surface area contributed by atoms with Gasteiger partial charge in [0.1, 0.15) is 12.4 Å². The van der Waals surface area contributed by atoms with Gasteiger partial charge in [-0.3, -0.25) is 4.79 Å². The number of carbonyl (C=O) groups is 1. The van der Waals surface area contributed by atoms with Crippen LogP contribution in [0.2, 0.25) is 0 Å². The fourth-order valence-corrected chi connectivity index (χ4v) is 3.86. The van der Waals surface area contributed by atoms with Crippen LogP contribution in [0.5, 0.6) is 0 Å². The van der Waals surface area contributed by atoms with Gasteiger partial charge in [-0.25, -0.2) is 8.70 Å². The fraction of sp³-hybridized carbons (Fsp3) is 0.562. The summed E-state index contributed by atoms with van der Waals surface area (Å²) in [6.45, 7) is -0.446. The highest BCUT2D eigenvalue weighted by molar-refractivity contribution is 7.90. The van der Waals surface area contributed by atoms with Gasteiger partial charge < -0.3 is 5.32 Å². The molecule has 0 unspecified atom stereocenters. The van der Waals surface area contributed by atoms with Crippen LogP contribution in [0.1, 0.15) is 32.1 Å². The van der Waals surface area contributed by atoms with Crippen LogP contribution in [0, 0.1) is 5.82 Å². The molecule has 1 saturated carbocycles. The monoisotopic (exact) mass is 357 g/mol. The van der Waals surface area contributed by atoms with E-state index in [1.165, 1.54) is 38.4 Å². The van der Waals surface area contributed by atoms with E-state index >= 15 is 0 Å². The van der Waals surface area contributed by atoms with Crippen molar-refractivity contribution in [3.63, 3.8) is 0 Å². The number of nitrogens with one attached hydrogen (secondary N) is 1. The third-order valence-electron chi connectivity index (χ3n) is 4.12. The molecular weight excluding hydrogens is 333 g/mol. The molecule has 134 valence electrons. The van der Waals surface area contributed by atoms with Crippen molar-refractivity contribution in [1.29, 1.82) is 0 Å². The number of carbonyl (C=O) groups excluding carboxylic acids is 1. The second-order valence-corrected chi connectivity index (χ2v) is 8.22. The summed E-state index contributed by atoms with van der Waals surface area (Å²) in [5.74, 6) is -1.11. The predicted molar refractivity (Wildman–Crippen MR) is 91.4 cm³/mol. The average molecular weight is 357 g/mol. The third-order valence-corrected chi connectivity index (χ3v) is 5.92. The molecule has 0 atom stereocenters. The predicted octanol–water partition coefficient (Wildman–Crippen LogP) is 1.89. The zero-order valence-corrected chi connectivity index (χ0v) is 14.9. The Labute approximate surface area is 142 Å². The number of rotatable bonds is 6. The van der Waals surface area contributed by atoms with Crippen LogP contribution in [0.4, 0.5) is 10.1 Å². The number of nitrogens with zero attached hydrogens (tertiary/aromatic N) is 2. The van der Waals surface area contributed by atoms with E-state index in [1.54, 1.807) is 0 Å². The van der Waals surface area contributed by atoms with Crippen LogP contribution in [0.3, 0.4) is 0 Å². The highest BCUT2D eigenvalue weighted by Crippen LogP contribution is 2.23. The molecule has 0 radical (unpaired) electrons. The first-order valence-corrected chi connectivity index (χ1v) is 9.46. The Balaban J connectivity index is 2.20. The SMILES string of the molecule is CN(C)S(=O)(=O)N(CC(=O)NC1CCCCC1)c1ccccc1F.